The van der Waals surface area contributed by atoms with Crippen molar-refractivity contribution >= 4 is 21.6 Å². The highest BCUT2D eigenvalue weighted by atomic mass is 35.5. The van der Waals surface area contributed by atoms with Gasteiger partial charge in [-0.25, -0.2) is 17.5 Å². The summed E-state index contributed by atoms with van der Waals surface area (Å²) in [6.07, 6.45) is 2.82. The summed E-state index contributed by atoms with van der Waals surface area (Å²) in [5.41, 5.74) is 0. The van der Waals surface area contributed by atoms with Crippen molar-refractivity contribution in [1.29, 1.82) is 0 Å². The molecule has 1 aliphatic carbocycles. The zero-order valence-electron chi connectivity index (χ0n) is 10.9. The van der Waals surface area contributed by atoms with Gasteiger partial charge in [0.1, 0.15) is 4.90 Å². The van der Waals surface area contributed by atoms with E-state index in [9.17, 15) is 12.8 Å². The monoisotopic (exact) mass is 321 g/mol. The van der Waals surface area contributed by atoms with Gasteiger partial charge in [-0.2, -0.15) is 0 Å². The third kappa shape index (κ3) is 3.49. The van der Waals surface area contributed by atoms with Gasteiger partial charge in [0.2, 0.25) is 10.0 Å². The molecule has 0 saturated heterocycles. The lowest BCUT2D eigenvalue weighted by molar-refractivity contribution is 0.180. The predicted molar refractivity (Wildman–Crippen MR) is 74.6 cm³/mol. The van der Waals surface area contributed by atoms with E-state index in [2.05, 4.69) is 4.72 Å². The minimum Gasteiger partial charge on any atom is -0.396 e. The summed E-state index contributed by atoms with van der Waals surface area (Å²) in [7, 11) is -3.91. The van der Waals surface area contributed by atoms with E-state index in [0.717, 1.165) is 12.8 Å². The molecule has 0 aromatic heterocycles. The Hall–Kier alpha value is -0.690. The Bertz CT molecular complexity index is 571. The number of rotatable bonds is 4. The van der Waals surface area contributed by atoms with Gasteiger partial charge in [-0.15, -0.1) is 0 Å². The van der Waals surface area contributed by atoms with Gasteiger partial charge in [0.25, 0.3) is 0 Å². The molecule has 1 saturated carbocycles. The second-order valence-electron chi connectivity index (χ2n) is 5.07. The van der Waals surface area contributed by atoms with Crippen molar-refractivity contribution in [1.82, 2.24) is 4.72 Å². The smallest absolute Gasteiger partial charge is 0.243 e. The summed E-state index contributed by atoms with van der Waals surface area (Å²) in [6, 6.07) is 3.69. The van der Waals surface area contributed by atoms with E-state index in [0.29, 0.717) is 12.8 Å². The Morgan fingerprint density at radius 3 is 2.55 bits per heavy atom. The van der Waals surface area contributed by atoms with Gasteiger partial charge in [-0.1, -0.05) is 17.7 Å². The van der Waals surface area contributed by atoms with Crippen molar-refractivity contribution in [2.45, 2.75) is 36.6 Å². The zero-order valence-corrected chi connectivity index (χ0v) is 12.4. The van der Waals surface area contributed by atoms with Gasteiger partial charge in [-0.05, 0) is 43.7 Å². The molecule has 112 valence electrons. The molecule has 0 amide bonds. The van der Waals surface area contributed by atoms with Crippen molar-refractivity contribution in [2.24, 2.45) is 5.92 Å². The molecule has 2 rings (SSSR count). The number of hydrogen-bond acceptors (Lipinski definition) is 3. The number of hydrogen-bond donors (Lipinski definition) is 2. The van der Waals surface area contributed by atoms with Crippen LogP contribution in [0.3, 0.4) is 0 Å². The van der Waals surface area contributed by atoms with E-state index in [1.807, 2.05) is 0 Å². The third-order valence-corrected chi connectivity index (χ3v) is 5.46. The molecule has 0 bridgehead atoms. The maximum absolute atomic E-state index is 13.8. The zero-order chi connectivity index (χ0) is 14.8. The lowest BCUT2D eigenvalue weighted by Crippen LogP contribution is -2.38. The average Bonchev–Trinajstić information content (AvgIpc) is 2.42. The van der Waals surface area contributed by atoms with Gasteiger partial charge in [-0.3, -0.25) is 0 Å². The second kappa shape index (κ2) is 6.39. The van der Waals surface area contributed by atoms with Crippen LogP contribution in [0.25, 0.3) is 0 Å². The SMILES string of the molecule is O=S(=O)(NC1CCC(CO)CC1)c1cccc(Cl)c1F. The Balaban J connectivity index is 2.10. The molecule has 0 aliphatic heterocycles. The van der Waals surface area contributed by atoms with Crippen LogP contribution < -0.4 is 4.72 Å². The van der Waals surface area contributed by atoms with Crippen molar-refractivity contribution in [3.63, 3.8) is 0 Å². The van der Waals surface area contributed by atoms with E-state index in [4.69, 9.17) is 16.7 Å². The van der Waals surface area contributed by atoms with Gasteiger partial charge < -0.3 is 5.11 Å². The Labute approximate surface area is 123 Å². The number of sulfonamides is 1. The number of nitrogens with one attached hydrogen (secondary N) is 1. The van der Waals surface area contributed by atoms with Crippen LogP contribution in [0.2, 0.25) is 5.02 Å². The lowest BCUT2D eigenvalue weighted by atomic mass is 9.87. The van der Waals surface area contributed by atoms with Crippen LogP contribution in [-0.2, 0) is 10.0 Å². The fraction of sp³-hybridized carbons (Fsp3) is 0.538. The largest absolute Gasteiger partial charge is 0.396 e. The third-order valence-electron chi connectivity index (χ3n) is 3.63. The van der Waals surface area contributed by atoms with Crippen LogP contribution in [0.1, 0.15) is 25.7 Å². The highest BCUT2D eigenvalue weighted by Gasteiger charge is 2.27. The first kappa shape index (κ1) is 15.7. The number of benzene rings is 1. The van der Waals surface area contributed by atoms with Crippen LogP contribution >= 0.6 is 11.6 Å². The quantitative estimate of drug-likeness (QED) is 0.894. The summed E-state index contributed by atoms with van der Waals surface area (Å²) < 4.78 is 40.6. The molecule has 7 heteroatoms. The number of aliphatic hydroxyl groups excluding tert-OH is 1. The summed E-state index contributed by atoms with van der Waals surface area (Å²) in [6.45, 7) is 0.127. The fourth-order valence-electron chi connectivity index (χ4n) is 2.44. The van der Waals surface area contributed by atoms with Gasteiger partial charge in [0.05, 0.1) is 5.02 Å². The molecule has 1 aromatic rings. The molecule has 2 N–H and O–H groups in total. The number of aliphatic hydroxyl groups is 1. The van der Waals surface area contributed by atoms with Crippen molar-refractivity contribution in [3.8, 4) is 0 Å². The molecule has 1 fully saturated rings. The molecule has 0 unspecified atom stereocenters. The second-order valence-corrected chi connectivity index (χ2v) is 7.16. The molecule has 1 aromatic carbocycles. The van der Waals surface area contributed by atoms with E-state index in [-0.39, 0.29) is 23.6 Å². The summed E-state index contributed by atoms with van der Waals surface area (Å²) in [5.74, 6) is -0.690. The van der Waals surface area contributed by atoms with Gasteiger partial charge in [0.15, 0.2) is 5.82 Å². The maximum Gasteiger partial charge on any atom is 0.243 e. The Morgan fingerprint density at radius 1 is 1.30 bits per heavy atom. The van der Waals surface area contributed by atoms with Gasteiger partial charge in [0, 0.05) is 12.6 Å². The standard InChI is InChI=1S/C13H17ClFNO3S/c14-11-2-1-3-12(13(11)15)20(18,19)16-10-6-4-9(8-17)5-7-10/h1-3,9-10,16-17H,4-8H2. The minimum absolute atomic E-state index is 0.127. The molecular weight excluding hydrogens is 305 g/mol. The molecule has 4 nitrogen and oxygen atoms in total. The van der Waals surface area contributed by atoms with E-state index in [1.165, 1.54) is 18.2 Å². The molecule has 0 heterocycles. The van der Waals surface area contributed by atoms with E-state index < -0.39 is 20.7 Å². The normalized spacial score (nSPS) is 23.8. The molecule has 0 radical (unpaired) electrons. The molecule has 0 atom stereocenters. The molecule has 0 spiro atoms. The van der Waals surface area contributed by atoms with Crippen molar-refractivity contribution in [3.05, 3.63) is 29.0 Å². The Kier molecular flexibility index (Phi) is 5.01. The van der Waals surface area contributed by atoms with Crippen molar-refractivity contribution < 1.29 is 17.9 Å². The lowest BCUT2D eigenvalue weighted by Gasteiger charge is -2.27. The van der Waals surface area contributed by atoms with Crippen LogP contribution in [0.4, 0.5) is 4.39 Å². The minimum atomic E-state index is -3.91. The van der Waals surface area contributed by atoms with Gasteiger partial charge >= 0.3 is 0 Å². The van der Waals surface area contributed by atoms with Crippen LogP contribution in [0, 0.1) is 11.7 Å². The first-order valence-corrected chi connectivity index (χ1v) is 8.37. The maximum atomic E-state index is 13.8. The van der Waals surface area contributed by atoms with Crippen LogP contribution in [0.15, 0.2) is 23.1 Å². The number of halogens is 2. The Morgan fingerprint density at radius 2 is 1.95 bits per heavy atom. The molecular formula is C13H17ClFNO3S. The highest BCUT2D eigenvalue weighted by Crippen LogP contribution is 2.26. The van der Waals surface area contributed by atoms with E-state index in [1.54, 1.807) is 0 Å². The van der Waals surface area contributed by atoms with Crippen molar-refractivity contribution in [2.75, 3.05) is 6.61 Å². The van der Waals surface area contributed by atoms with Crippen LogP contribution in [-0.4, -0.2) is 26.2 Å². The average molecular weight is 322 g/mol. The molecule has 20 heavy (non-hydrogen) atoms. The summed E-state index contributed by atoms with van der Waals surface area (Å²) in [4.78, 5) is -0.422. The fourth-order valence-corrected chi connectivity index (χ4v) is 4.07. The van der Waals surface area contributed by atoms with Crippen LogP contribution in [0.5, 0.6) is 0 Å². The summed E-state index contributed by atoms with van der Waals surface area (Å²) in [5, 5.41) is 8.84. The first-order valence-electron chi connectivity index (χ1n) is 6.51. The topological polar surface area (TPSA) is 66.4 Å². The molecule has 1 aliphatic rings. The summed E-state index contributed by atoms with van der Waals surface area (Å²) >= 11 is 5.61. The highest BCUT2D eigenvalue weighted by molar-refractivity contribution is 7.89. The first-order chi connectivity index (χ1) is 9.44. The predicted octanol–water partition coefficient (Wildman–Crippen LogP) is 2.31. The van der Waals surface area contributed by atoms with E-state index >= 15 is 0 Å².